The molecule has 8 heteroatoms. The first-order chi connectivity index (χ1) is 15.4. The van der Waals surface area contributed by atoms with Gasteiger partial charge in [-0.2, -0.15) is 0 Å². The predicted molar refractivity (Wildman–Crippen MR) is 125 cm³/mol. The second kappa shape index (κ2) is 9.77. The molecule has 1 heterocycles. The standard InChI is InChI=1S/C24H16Cl2FNO3S/c25-18-10-9-17(19(26)12-18)14-31-21-8-4-2-5-15(21)11-22-23(29)28(24(30)32-22)13-16-6-1-3-7-20(16)27/h1-12H,13-14H2/b22-11-. The van der Waals surface area contributed by atoms with Crippen molar-refractivity contribution in [3.63, 3.8) is 0 Å². The molecule has 32 heavy (non-hydrogen) atoms. The van der Waals surface area contributed by atoms with Crippen molar-refractivity contribution in [3.05, 3.63) is 104 Å². The highest BCUT2D eigenvalue weighted by Gasteiger charge is 2.35. The molecule has 162 valence electrons. The highest BCUT2D eigenvalue weighted by atomic mass is 35.5. The number of para-hydroxylation sites is 1. The zero-order valence-corrected chi connectivity index (χ0v) is 18.9. The number of halogens is 3. The van der Waals surface area contributed by atoms with Crippen molar-refractivity contribution < 1.29 is 18.7 Å². The largest absolute Gasteiger partial charge is 0.488 e. The van der Waals surface area contributed by atoms with Gasteiger partial charge >= 0.3 is 0 Å². The number of rotatable bonds is 6. The highest BCUT2D eigenvalue weighted by molar-refractivity contribution is 8.18. The molecule has 0 unspecified atom stereocenters. The number of thioether (sulfide) groups is 1. The van der Waals surface area contributed by atoms with Crippen LogP contribution in [0.15, 0.2) is 71.6 Å². The van der Waals surface area contributed by atoms with Crippen LogP contribution in [0, 0.1) is 5.82 Å². The summed E-state index contributed by atoms with van der Waals surface area (Å²) in [6.07, 6.45) is 1.60. The van der Waals surface area contributed by atoms with E-state index in [9.17, 15) is 14.0 Å². The molecule has 1 fully saturated rings. The number of hydrogen-bond donors (Lipinski definition) is 0. The summed E-state index contributed by atoms with van der Waals surface area (Å²) < 4.78 is 19.9. The number of carbonyl (C=O) groups excluding carboxylic acids is 2. The molecule has 0 spiro atoms. The van der Waals surface area contributed by atoms with E-state index in [1.807, 2.05) is 0 Å². The Morgan fingerprint density at radius 2 is 1.72 bits per heavy atom. The van der Waals surface area contributed by atoms with Gasteiger partial charge in [0.2, 0.25) is 0 Å². The van der Waals surface area contributed by atoms with Gasteiger partial charge in [0.25, 0.3) is 11.1 Å². The smallest absolute Gasteiger partial charge is 0.293 e. The van der Waals surface area contributed by atoms with Gasteiger partial charge in [-0.25, -0.2) is 4.39 Å². The lowest BCUT2D eigenvalue weighted by molar-refractivity contribution is -0.123. The van der Waals surface area contributed by atoms with Crippen molar-refractivity contribution in [3.8, 4) is 5.75 Å². The first-order valence-corrected chi connectivity index (χ1v) is 11.1. The molecule has 0 aliphatic carbocycles. The van der Waals surface area contributed by atoms with Crippen LogP contribution in [-0.4, -0.2) is 16.0 Å². The molecule has 0 N–H and O–H groups in total. The second-order valence-corrected chi connectivity index (χ2v) is 8.76. The lowest BCUT2D eigenvalue weighted by Crippen LogP contribution is -2.27. The Bertz CT molecular complexity index is 1230. The van der Waals surface area contributed by atoms with Crippen LogP contribution < -0.4 is 4.74 Å². The molecular weight excluding hydrogens is 472 g/mol. The summed E-state index contributed by atoms with van der Waals surface area (Å²) in [6.45, 7) is 0.0809. The molecule has 1 saturated heterocycles. The van der Waals surface area contributed by atoms with Crippen molar-refractivity contribution in [2.75, 3.05) is 0 Å². The molecule has 1 aliphatic rings. The number of nitrogens with zero attached hydrogens (tertiary/aromatic N) is 1. The molecule has 0 saturated carbocycles. The molecule has 4 rings (SSSR count). The zero-order chi connectivity index (χ0) is 22.7. The quantitative estimate of drug-likeness (QED) is 0.353. The predicted octanol–water partition coefficient (Wildman–Crippen LogP) is 6.95. The molecule has 3 aromatic carbocycles. The lowest BCUT2D eigenvalue weighted by atomic mass is 10.1. The molecular formula is C24H16Cl2FNO3S. The van der Waals surface area contributed by atoms with E-state index in [-0.39, 0.29) is 23.6 Å². The van der Waals surface area contributed by atoms with Crippen LogP contribution in [0.1, 0.15) is 16.7 Å². The molecule has 0 bridgehead atoms. The van der Waals surface area contributed by atoms with Gasteiger partial charge in [0, 0.05) is 26.7 Å². The maximum atomic E-state index is 14.0. The van der Waals surface area contributed by atoms with Crippen LogP contribution in [0.5, 0.6) is 5.75 Å². The molecule has 0 atom stereocenters. The third-order valence-corrected chi connectivity index (χ3v) is 6.26. The van der Waals surface area contributed by atoms with Gasteiger partial charge in [0.05, 0.1) is 11.4 Å². The highest BCUT2D eigenvalue weighted by Crippen LogP contribution is 2.35. The third kappa shape index (κ3) is 4.99. The summed E-state index contributed by atoms with van der Waals surface area (Å²) >= 11 is 13.0. The van der Waals surface area contributed by atoms with E-state index in [4.69, 9.17) is 27.9 Å². The van der Waals surface area contributed by atoms with E-state index in [0.29, 0.717) is 21.4 Å². The Balaban J connectivity index is 1.53. The fourth-order valence-electron chi connectivity index (χ4n) is 3.10. The molecule has 4 nitrogen and oxygen atoms in total. The molecule has 3 aromatic rings. The normalized spacial score (nSPS) is 15.0. The topological polar surface area (TPSA) is 46.6 Å². The maximum absolute atomic E-state index is 14.0. The Morgan fingerprint density at radius 3 is 2.50 bits per heavy atom. The van der Waals surface area contributed by atoms with Crippen LogP contribution in [0.2, 0.25) is 10.0 Å². The van der Waals surface area contributed by atoms with Crippen LogP contribution in [0.4, 0.5) is 9.18 Å². The fourth-order valence-corrected chi connectivity index (χ4v) is 4.39. The zero-order valence-electron chi connectivity index (χ0n) is 16.6. The first kappa shape index (κ1) is 22.4. The van der Waals surface area contributed by atoms with E-state index >= 15 is 0 Å². The lowest BCUT2D eigenvalue weighted by Gasteiger charge is -2.13. The van der Waals surface area contributed by atoms with Crippen molar-refractivity contribution in [1.82, 2.24) is 4.90 Å². The van der Waals surface area contributed by atoms with Gasteiger partial charge in [-0.3, -0.25) is 14.5 Å². The van der Waals surface area contributed by atoms with Gasteiger partial charge in [-0.1, -0.05) is 65.7 Å². The molecule has 1 aliphatic heterocycles. The SMILES string of the molecule is O=C1S/C(=C\c2ccccc2OCc2ccc(Cl)cc2Cl)C(=O)N1Cc1ccccc1F. The average Bonchev–Trinajstić information content (AvgIpc) is 3.03. The van der Waals surface area contributed by atoms with Crippen LogP contribution in [0.3, 0.4) is 0 Å². The van der Waals surface area contributed by atoms with Gasteiger partial charge < -0.3 is 4.74 Å². The van der Waals surface area contributed by atoms with Crippen molar-refractivity contribution >= 4 is 52.2 Å². The summed E-state index contributed by atoms with van der Waals surface area (Å²) in [5.74, 6) is -0.409. The van der Waals surface area contributed by atoms with Crippen LogP contribution in [0.25, 0.3) is 6.08 Å². The van der Waals surface area contributed by atoms with E-state index in [1.54, 1.807) is 66.7 Å². The summed E-state index contributed by atoms with van der Waals surface area (Å²) in [6, 6.07) is 18.4. The minimum absolute atomic E-state index is 0.123. The monoisotopic (exact) mass is 487 g/mol. The van der Waals surface area contributed by atoms with Crippen LogP contribution >= 0.6 is 35.0 Å². The van der Waals surface area contributed by atoms with E-state index < -0.39 is 17.0 Å². The summed E-state index contributed by atoms with van der Waals surface area (Å²) in [7, 11) is 0. The number of benzene rings is 3. The van der Waals surface area contributed by atoms with E-state index in [0.717, 1.165) is 22.2 Å². The summed E-state index contributed by atoms with van der Waals surface area (Å²) in [4.78, 5) is 26.5. The molecule has 0 aromatic heterocycles. The number of carbonyl (C=O) groups is 2. The van der Waals surface area contributed by atoms with Crippen LogP contribution in [-0.2, 0) is 17.9 Å². The molecule has 2 amide bonds. The maximum Gasteiger partial charge on any atom is 0.293 e. The molecule has 0 radical (unpaired) electrons. The first-order valence-electron chi connectivity index (χ1n) is 9.57. The summed E-state index contributed by atoms with van der Waals surface area (Å²) in [5.41, 5.74) is 1.67. The minimum Gasteiger partial charge on any atom is -0.488 e. The van der Waals surface area contributed by atoms with Crippen molar-refractivity contribution in [1.29, 1.82) is 0 Å². The Labute approximate surface area is 198 Å². The van der Waals surface area contributed by atoms with Crippen molar-refractivity contribution in [2.45, 2.75) is 13.2 Å². The average molecular weight is 488 g/mol. The van der Waals surface area contributed by atoms with Gasteiger partial charge in [0.1, 0.15) is 18.2 Å². The number of amides is 2. The number of imide groups is 1. The third-order valence-electron chi connectivity index (χ3n) is 4.76. The second-order valence-electron chi connectivity index (χ2n) is 6.92. The Kier molecular flexibility index (Phi) is 6.84. The van der Waals surface area contributed by atoms with Gasteiger partial charge in [-0.05, 0) is 42.1 Å². The van der Waals surface area contributed by atoms with Crippen molar-refractivity contribution in [2.24, 2.45) is 0 Å². The Hall–Kier alpha value is -2.80. The fraction of sp³-hybridized carbons (Fsp3) is 0.0833. The number of hydrogen-bond acceptors (Lipinski definition) is 4. The van der Waals surface area contributed by atoms with Gasteiger partial charge in [0.15, 0.2) is 0 Å². The minimum atomic E-state index is -0.473. The van der Waals surface area contributed by atoms with E-state index in [2.05, 4.69) is 0 Å². The van der Waals surface area contributed by atoms with Gasteiger partial charge in [-0.15, -0.1) is 0 Å². The number of ether oxygens (including phenoxy) is 1. The summed E-state index contributed by atoms with van der Waals surface area (Å²) in [5, 5.41) is 0.574. The Morgan fingerprint density at radius 1 is 0.969 bits per heavy atom. The van der Waals surface area contributed by atoms with E-state index in [1.165, 1.54) is 6.07 Å².